The number of rotatable bonds is 7. The monoisotopic (exact) mass is 420 g/mol. The number of nitrogens with zero attached hydrogens (tertiary/aromatic N) is 2. The van der Waals surface area contributed by atoms with Crippen LogP contribution < -0.4 is 10.6 Å². The lowest BCUT2D eigenvalue weighted by atomic mass is 9.92. The number of carbonyl (C=O) groups is 2. The summed E-state index contributed by atoms with van der Waals surface area (Å²) >= 11 is 2.98. The first-order chi connectivity index (χ1) is 13.4. The van der Waals surface area contributed by atoms with E-state index in [1.54, 1.807) is 0 Å². The van der Waals surface area contributed by atoms with E-state index < -0.39 is 0 Å². The molecule has 152 valence electrons. The van der Waals surface area contributed by atoms with E-state index in [9.17, 15) is 9.59 Å². The Morgan fingerprint density at radius 3 is 2.68 bits per heavy atom. The third-order valence-electron chi connectivity index (χ3n) is 4.78. The molecular weight excluding hydrogens is 392 g/mol. The van der Waals surface area contributed by atoms with Crippen LogP contribution in [0.3, 0.4) is 0 Å². The molecule has 2 N–H and O–H groups in total. The van der Waals surface area contributed by atoms with Gasteiger partial charge in [-0.05, 0) is 29.7 Å². The van der Waals surface area contributed by atoms with Gasteiger partial charge in [-0.25, -0.2) is 4.98 Å². The maximum absolute atomic E-state index is 12.5. The Morgan fingerprint density at radius 2 is 2.04 bits per heavy atom. The number of hydrogen-bond donors (Lipinski definition) is 2. The Labute approximate surface area is 174 Å². The number of hydrogen-bond acceptors (Lipinski definition) is 6. The summed E-state index contributed by atoms with van der Waals surface area (Å²) < 4.78 is 0. The van der Waals surface area contributed by atoms with Crippen LogP contribution in [0.5, 0.6) is 0 Å². The molecule has 2 amide bonds. The van der Waals surface area contributed by atoms with Gasteiger partial charge in [0, 0.05) is 36.8 Å². The molecule has 0 aromatic carbocycles. The minimum Gasteiger partial charge on any atom is -0.348 e. The van der Waals surface area contributed by atoms with E-state index in [2.05, 4.69) is 34.4 Å². The van der Waals surface area contributed by atoms with E-state index in [4.69, 9.17) is 0 Å². The van der Waals surface area contributed by atoms with Crippen LogP contribution in [-0.2, 0) is 16.1 Å². The van der Waals surface area contributed by atoms with Crippen molar-refractivity contribution in [3.63, 3.8) is 0 Å². The van der Waals surface area contributed by atoms with Gasteiger partial charge in [-0.2, -0.15) is 0 Å². The van der Waals surface area contributed by atoms with Crippen LogP contribution in [0.25, 0.3) is 0 Å². The lowest BCUT2D eigenvalue weighted by molar-refractivity contribution is -0.120. The molecule has 0 spiro atoms. The number of amides is 2. The highest BCUT2D eigenvalue weighted by atomic mass is 32.1. The Hall–Kier alpha value is -1.77. The molecule has 2 aromatic rings. The number of likely N-dealkylation sites (tertiary alicyclic amines) is 1. The fourth-order valence-electron chi connectivity index (χ4n) is 3.90. The zero-order valence-electron chi connectivity index (χ0n) is 16.6. The molecule has 0 unspecified atom stereocenters. The first-order valence-electron chi connectivity index (χ1n) is 9.66. The zero-order valence-corrected chi connectivity index (χ0v) is 18.2. The molecule has 0 saturated carbocycles. The van der Waals surface area contributed by atoms with E-state index in [1.807, 2.05) is 22.9 Å². The summed E-state index contributed by atoms with van der Waals surface area (Å²) in [5.41, 5.74) is 0.998. The van der Waals surface area contributed by atoms with Crippen molar-refractivity contribution in [2.45, 2.75) is 46.2 Å². The Morgan fingerprint density at radius 1 is 1.29 bits per heavy atom. The van der Waals surface area contributed by atoms with Crippen LogP contribution in [0.15, 0.2) is 22.9 Å². The van der Waals surface area contributed by atoms with Crippen molar-refractivity contribution in [3.05, 3.63) is 33.5 Å². The van der Waals surface area contributed by atoms with E-state index in [0.29, 0.717) is 17.0 Å². The predicted octanol–water partition coefficient (Wildman–Crippen LogP) is 3.89. The molecule has 1 aliphatic rings. The van der Waals surface area contributed by atoms with Crippen LogP contribution in [-0.4, -0.2) is 34.8 Å². The third kappa shape index (κ3) is 6.12. The molecule has 28 heavy (non-hydrogen) atoms. The van der Waals surface area contributed by atoms with Gasteiger partial charge in [0.05, 0.1) is 18.2 Å². The molecule has 1 aliphatic heterocycles. The number of thiophene rings is 1. The largest absolute Gasteiger partial charge is 0.348 e. The lowest BCUT2D eigenvalue weighted by Gasteiger charge is -2.34. The van der Waals surface area contributed by atoms with Gasteiger partial charge in [0.2, 0.25) is 11.8 Å². The number of piperidine rings is 1. The van der Waals surface area contributed by atoms with Gasteiger partial charge in [0.1, 0.15) is 0 Å². The minimum atomic E-state index is -0.312. The highest BCUT2D eigenvalue weighted by Gasteiger charge is 2.23. The van der Waals surface area contributed by atoms with Crippen molar-refractivity contribution in [2.75, 3.05) is 18.4 Å². The molecule has 1 fully saturated rings. The first-order valence-corrected chi connectivity index (χ1v) is 11.4. The lowest BCUT2D eigenvalue weighted by Crippen LogP contribution is -2.38. The minimum absolute atomic E-state index is 0.145. The average molecular weight is 421 g/mol. The fourth-order valence-corrected chi connectivity index (χ4v) is 5.40. The molecule has 0 radical (unpaired) electrons. The number of carbonyl (C=O) groups excluding carboxylic acids is 2. The molecule has 2 aromatic heterocycles. The van der Waals surface area contributed by atoms with Crippen molar-refractivity contribution in [1.82, 2.24) is 15.2 Å². The summed E-state index contributed by atoms with van der Waals surface area (Å²) in [5, 5.41) is 10.3. The molecular formula is C20H28N4O2S2. The van der Waals surface area contributed by atoms with E-state index in [-0.39, 0.29) is 24.3 Å². The maximum Gasteiger partial charge on any atom is 0.228 e. The quantitative estimate of drug-likeness (QED) is 0.713. The third-order valence-corrected chi connectivity index (χ3v) is 6.57. The van der Waals surface area contributed by atoms with Gasteiger partial charge in [-0.3, -0.25) is 14.5 Å². The number of aromatic nitrogens is 1. The maximum atomic E-state index is 12.5. The molecule has 0 aliphatic carbocycles. The summed E-state index contributed by atoms with van der Waals surface area (Å²) in [7, 11) is 0. The van der Waals surface area contributed by atoms with Gasteiger partial charge in [-0.15, -0.1) is 22.7 Å². The van der Waals surface area contributed by atoms with Gasteiger partial charge in [-0.1, -0.05) is 19.9 Å². The topological polar surface area (TPSA) is 74.3 Å². The average Bonchev–Trinajstić information content (AvgIpc) is 3.25. The van der Waals surface area contributed by atoms with Gasteiger partial charge in [0.25, 0.3) is 0 Å². The Kier molecular flexibility index (Phi) is 7.20. The zero-order chi connectivity index (χ0) is 20.1. The standard InChI is InChI=1S/C20H28N4O2S2/c1-13-7-14(2)10-24(9-13)11-16-12-28-20(22-16)23-19(26)8-17(21-15(3)25)18-5-4-6-27-18/h4-6,12-14,17H,7-11H2,1-3H3,(H,21,25)(H,22,23,26)/t13-,14-,17-/m1/s1. The first kappa shape index (κ1) is 21.0. The van der Waals surface area contributed by atoms with Gasteiger partial charge >= 0.3 is 0 Å². The summed E-state index contributed by atoms with van der Waals surface area (Å²) in [4.78, 5) is 32.0. The van der Waals surface area contributed by atoms with Gasteiger partial charge < -0.3 is 10.6 Å². The number of nitrogens with one attached hydrogen (secondary N) is 2. The number of thiazole rings is 1. The highest BCUT2D eigenvalue weighted by molar-refractivity contribution is 7.14. The predicted molar refractivity (Wildman–Crippen MR) is 114 cm³/mol. The molecule has 8 heteroatoms. The molecule has 1 saturated heterocycles. The second-order valence-corrected chi connectivity index (χ2v) is 9.64. The molecule has 3 atom stereocenters. The summed E-state index contributed by atoms with van der Waals surface area (Å²) in [5.74, 6) is 1.13. The summed E-state index contributed by atoms with van der Waals surface area (Å²) in [6.07, 6.45) is 1.48. The van der Waals surface area contributed by atoms with E-state index in [0.717, 1.165) is 30.2 Å². The Balaban J connectivity index is 1.55. The van der Waals surface area contributed by atoms with Crippen LogP contribution in [0, 0.1) is 11.8 Å². The smallest absolute Gasteiger partial charge is 0.228 e. The summed E-state index contributed by atoms with van der Waals surface area (Å²) in [6, 6.07) is 3.54. The van der Waals surface area contributed by atoms with Crippen molar-refractivity contribution >= 4 is 39.6 Å². The van der Waals surface area contributed by atoms with Crippen molar-refractivity contribution in [2.24, 2.45) is 11.8 Å². The van der Waals surface area contributed by atoms with Crippen LogP contribution in [0.2, 0.25) is 0 Å². The van der Waals surface area contributed by atoms with E-state index in [1.165, 1.54) is 36.0 Å². The Bertz CT molecular complexity index is 780. The second kappa shape index (κ2) is 9.62. The normalized spacial score (nSPS) is 21.2. The number of anilines is 1. The van der Waals surface area contributed by atoms with Gasteiger partial charge in [0.15, 0.2) is 5.13 Å². The molecule has 0 bridgehead atoms. The van der Waals surface area contributed by atoms with E-state index >= 15 is 0 Å². The molecule has 3 heterocycles. The van der Waals surface area contributed by atoms with Crippen LogP contribution in [0.4, 0.5) is 5.13 Å². The van der Waals surface area contributed by atoms with Crippen molar-refractivity contribution in [3.8, 4) is 0 Å². The SMILES string of the molecule is CC(=O)N[C@H](CC(=O)Nc1nc(CN2C[C@H](C)C[C@@H](C)C2)cs1)c1cccs1. The van der Waals surface area contributed by atoms with Crippen molar-refractivity contribution < 1.29 is 9.59 Å². The van der Waals surface area contributed by atoms with Crippen LogP contribution in [0.1, 0.15) is 50.2 Å². The second-order valence-electron chi connectivity index (χ2n) is 7.80. The van der Waals surface area contributed by atoms with Crippen LogP contribution >= 0.6 is 22.7 Å². The molecule has 3 rings (SSSR count). The fraction of sp³-hybridized carbons (Fsp3) is 0.550. The molecule has 6 nitrogen and oxygen atoms in total. The highest BCUT2D eigenvalue weighted by Crippen LogP contribution is 2.25. The van der Waals surface area contributed by atoms with Crippen molar-refractivity contribution in [1.29, 1.82) is 0 Å². The summed E-state index contributed by atoms with van der Waals surface area (Å²) in [6.45, 7) is 9.09.